The maximum absolute atomic E-state index is 12.8. The standard InChI is InChI=1S/C18H23N3O6/c1-9(2)13(20-18(26)27)8-14(10(3)19-17(24)25)21-15(22)11-6-4-5-7-12(11)16(21)23/h4-7,9-10,13-14,19-20H,8H2,1-3H3,(H,24,25)(H,26,27)/t10-,13?,14?/m0/s1. The molecule has 4 amide bonds. The summed E-state index contributed by atoms with van der Waals surface area (Å²) >= 11 is 0. The van der Waals surface area contributed by atoms with E-state index in [4.69, 9.17) is 10.2 Å². The van der Waals surface area contributed by atoms with Crippen molar-refractivity contribution >= 4 is 24.0 Å². The fourth-order valence-corrected chi connectivity index (χ4v) is 3.25. The largest absolute Gasteiger partial charge is 0.465 e. The van der Waals surface area contributed by atoms with Crippen LogP contribution >= 0.6 is 0 Å². The van der Waals surface area contributed by atoms with E-state index in [2.05, 4.69) is 10.6 Å². The summed E-state index contributed by atoms with van der Waals surface area (Å²) in [5.74, 6) is -1.16. The number of nitrogens with zero attached hydrogens (tertiary/aromatic N) is 1. The Morgan fingerprint density at radius 1 is 0.963 bits per heavy atom. The topological polar surface area (TPSA) is 136 Å². The molecule has 4 N–H and O–H groups in total. The number of rotatable bonds is 7. The van der Waals surface area contributed by atoms with Crippen molar-refractivity contribution in [2.24, 2.45) is 5.92 Å². The van der Waals surface area contributed by atoms with Crippen LogP contribution in [-0.4, -0.2) is 57.2 Å². The van der Waals surface area contributed by atoms with E-state index in [0.29, 0.717) is 0 Å². The maximum Gasteiger partial charge on any atom is 0.404 e. The molecule has 9 heteroatoms. The van der Waals surface area contributed by atoms with Crippen molar-refractivity contribution in [2.45, 2.75) is 45.3 Å². The molecule has 27 heavy (non-hydrogen) atoms. The van der Waals surface area contributed by atoms with E-state index < -0.39 is 42.1 Å². The highest BCUT2D eigenvalue weighted by Crippen LogP contribution is 2.28. The van der Waals surface area contributed by atoms with Crippen LogP contribution in [0.3, 0.4) is 0 Å². The molecule has 0 aromatic heterocycles. The lowest BCUT2D eigenvalue weighted by Gasteiger charge is -2.35. The molecule has 0 saturated heterocycles. The van der Waals surface area contributed by atoms with Crippen molar-refractivity contribution in [1.82, 2.24) is 15.5 Å². The van der Waals surface area contributed by atoms with Gasteiger partial charge in [-0.15, -0.1) is 0 Å². The number of hydrogen-bond donors (Lipinski definition) is 4. The Morgan fingerprint density at radius 3 is 1.85 bits per heavy atom. The highest BCUT2D eigenvalue weighted by molar-refractivity contribution is 6.21. The van der Waals surface area contributed by atoms with Gasteiger partial charge in [0.25, 0.3) is 11.8 Å². The lowest BCUT2D eigenvalue weighted by Crippen LogP contribution is -2.55. The first-order chi connectivity index (χ1) is 12.6. The predicted octanol–water partition coefficient (Wildman–Crippen LogP) is 1.99. The van der Waals surface area contributed by atoms with Gasteiger partial charge in [0.05, 0.1) is 23.2 Å². The van der Waals surface area contributed by atoms with Crippen LogP contribution in [0.15, 0.2) is 24.3 Å². The number of carboxylic acid groups (broad SMARTS) is 2. The number of amides is 4. The Labute approximate surface area is 156 Å². The van der Waals surface area contributed by atoms with Crippen LogP contribution in [0.25, 0.3) is 0 Å². The van der Waals surface area contributed by atoms with Crippen molar-refractivity contribution in [3.05, 3.63) is 35.4 Å². The minimum absolute atomic E-state index is 0.0802. The van der Waals surface area contributed by atoms with Gasteiger partial charge in [-0.2, -0.15) is 0 Å². The summed E-state index contributed by atoms with van der Waals surface area (Å²) in [6.45, 7) is 5.14. The Bertz CT molecular complexity index is 728. The molecule has 0 aliphatic carbocycles. The van der Waals surface area contributed by atoms with Crippen molar-refractivity contribution in [3.8, 4) is 0 Å². The Morgan fingerprint density at radius 2 is 1.44 bits per heavy atom. The van der Waals surface area contributed by atoms with Crippen LogP contribution in [0.2, 0.25) is 0 Å². The third kappa shape index (κ3) is 4.36. The quantitative estimate of drug-likeness (QED) is 0.537. The summed E-state index contributed by atoms with van der Waals surface area (Å²) in [6.07, 6.45) is -2.44. The Kier molecular flexibility index (Phi) is 6.04. The van der Waals surface area contributed by atoms with Crippen molar-refractivity contribution in [3.63, 3.8) is 0 Å². The third-order valence-electron chi connectivity index (χ3n) is 4.69. The van der Waals surface area contributed by atoms with E-state index in [1.54, 1.807) is 32.9 Å². The van der Waals surface area contributed by atoms with Gasteiger partial charge < -0.3 is 20.8 Å². The molecular weight excluding hydrogens is 354 g/mol. The zero-order valence-electron chi connectivity index (χ0n) is 15.3. The van der Waals surface area contributed by atoms with Gasteiger partial charge in [0.2, 0.25) is 0 Å². The second-order valence-corrected chi connectivity index (χ2v) is 6.87. The fraction of sp³-hybridized carbons (Fsp3) is 0.444. The summed E-state index contributed by atoms with van der Waals surface area (Å²) in [4.78, 5) is 48.8. The predicted molar refractivity (Wildman–Crippen MR) is 95.8 cm³/mol. The summed E-state index contributed by atoms with van der Waals surface area (Å²) < 4.78 is 0. The molecule has 2 unspecified atom stereocenters. The fourth-order valence-electron chi connectivity index (χ4n) is 3.25. The molecule has 1 aromatic rings. The van der Waals surface area contributed by atoms with E-state index in [9.17, 15) is 19.2 Å². The number of imide groups is 1. The summed E-state index contributed by atoms with van der Waals surface area (Å²) in [6, 6.07) is 4.15. The Hall–Kier alpha value is -3.10. The van der Waals surface area contributed by atoms with Crippen LogP contribution in [0.1, 0.15) is 47.9 Å². The molecule has 3 atom stereocenters. The highest BCUT2D eigenvalue weighted by atomic mass is 16.4. The molecule has 146 valence electrons. The van der Waals surface area contributed by atoms with Gasteiger partial charge in [-0.3, -0.25) is 14.5 Å². The SMILES string of the molecule is CC(C)C(CC([C@H](C)NC(=O)O)N1C(=O)c2ccccc2C1=O)NC(=O)O. The van der Waals surface area contributed by atoms with E-state index in [-0.39, 0.29) is 23.5 Å². The van der Waals surface area contributed by atoms with Crippen molar-refractivity contribution in [2.75, 3.05) is 0 Å². The first-order valence-corrected chi connectivity index (χ1v) is 8.59. The van der Waals surface area contributed by atoms with E-state index in [1.807, 2.05) is 0 Å². The number of carbonyl (C=O) groups excluding carboxylic acids is 2. The number of fused-ring (bicyclic) bond motifs is 1. The van der Waals surface area contributed by atoms with Gasteiger partial charge in [-0.05, 0) is 31.4 Å². The third-order valence-corrected chi connectivity index (χ3v) is 4.69. The first kappa shape index (κ1) is 20.2. The zero-order valence-corrected chi connectivity index (χ0v) is 15.3. The molecule has 9 nitrogen and oxygen atoms in total. The van der Waals surface area contributed by atoms with Gasteiger partial charge in [0.15, 0.2) is 0 Å². The molecule has 0 saturated carbocycles. The molecule has 0 fully saturated rings. The average Bonchev–Trinajstić information content (AvgIpc) is 2.82. The first-order valence-electron chi connectivity index (χ1n) is 8.59. The number of nitrogens with one attached hydrogen (secondary N) is 2. The molecule has 1 aliphatic heterocycles. The smallest absolute Gasteiger partial charge is 0.404 e. The molecule has 0 radical (unpaired) electrons. The summed E-state index contributed by atoms with van der Waals surface area (Å²) in [7, 11) is 0. The number of carbonyl (C=O) groups is 4. The van der Waals surface area contributed by atoms with Crippen molar-refractivity contribution < 1.29 is 29.4 Å². The van der Waals surface area contributed by atoms with Gasteiger partial charge in [-0.1, -0.05) is 26.0 Å². The zero-order chi connectivity index (χ0) is 20.3. The number of hydrogen-bond acceptors (Lipinski definition) is 4. The summed E-state index contributed by atoms with van der Waals surface area (Å²) in [5, 5.41) is 22.8. The van der Waals surface area contributed by atoms with E-state index in [0.717, 1.165) is 4.90 Å². The van der Waals surface area contributed by atoms with Crippen LogP contribution in [0.4, 0.5) is 9.59 Å². The molecule has 1 heterocycles. The Balaban J connectivity index is 2.38. The molecule has 1 aliphatic rings. The van der Waals surface area contributed by atoms with E-state index in [1.165, 1.54) is 12.1 Å². The average molecular weight is 377 g/mol. The molecule has 1 aromatic carbocycles. The normalized spacial score (nSPS) is 16.7. The number of benzene rings is 1. The van der Waals surface area contributed by atoms with Crippen LogP contribution in [0, 0.1) is 5.92 Å². The van der Waals surface area contributed by atoms with Crippen LogP contribution < -0.4 is 10.6 Å². The molecular formula is C18H23N3O6. The molecule has 0 spiro atoms. The second-order valence-electron chi connectivity index (χ2n) is 6.87. The van der Waals surface area contributed by atoms with Crippen LogP contribution in [-0.2, 0) is 0 Å². The second kappa shape index (κ2) is 8.07. The molecule has 0 bridgehead atoms. The minimum atomic E-state index is -1.30. The van der Waals surface area contributed by atoms with Gasteiger partial charge >= 0.3 is 12.2 Å². The minimum Gasteiger partial charge on any atom is -0.465 e. The van der Waals surface area contributed by atoms with E-state index >= 15 is 0 Å². The van der Waals surface area contributed by atoms with Crippen molar-refractivity contribution in [1.29, 1.82) is 0 Å². The maximum atomic E-state index is 12.8. The van der Waals surface area contributed by atoms with Gasteiger partial charge in [-0.25, -0.2) is 9.59 Å². The lowest BCUT2D eigenvalue weighted by atomic mass is 9.92. The molecule has 2 rings (SSSR count). The monoisotopic (exact) mass is 377 g/mol. The summed E-state index contributed by atoms with van der Waals surface area (Å²) in [5.41, 5.74) is 0.504. The van der Waals surface area contributed by atoms with Gasteiger partial charge in [0.1, 0.15) is 0 Å². The lowest BCUT2D eigenvalue weighted by molar-refractivity contribution is 0.0523. The van der Waals surface area contributed by atoms with Crippen LogP contribution in [0.5, 0.6) is 0 Å². The highest BCUT2D eigenvalue weighted by Gasteiger charge is 2.43. The van der Waals surface area contributed by atoms with Gasteiger partial charge in [0, 0.05) is 6.04 Å².